The molecule has 0 bridgehead atoms. The fourth-order valence-corrected chi connectivity index (χ4v) is 4.41. The molecule has 0 saturated heterocycles. The summed E-state index contributed by atoms with van der Waals surface area (Å²) in [4.78, 5) is 4.78. The van der Waals surface area contributed by atoms with Crippen molar-refractivity contribution >= 4 is 10.8 Å². The van der Waals surface area contributed by atoms with Crippen molar-refractivity contribution in [2.45, 2.75) is 34.1 Å². The Hall–Kier alpha value is -3.13. The molecule has 0 N–H and O–H groups in total. The summed E-state index contributed by atoms with van der Waals surface area (Å²) in [6.45, 7) is 8.66. The maximum Gasteiger partial charge on any atom is 0.161 e. The van der Waals surface area contributed by atoms with Gasteiger partial charge in [0.2, 0.25) is 0 Å². The lowest BCUT2D eigenvalue weighted by atomic mass is 9.90. The molecule has 0 amide bonds. The number of pyridine rings is 1. The average molecular weight is 365 g/mol. The van der Waals surface area contributed by atoms with Crippen molar-refractivity contribution in [2.24, 2.45) is 0 Å². The molecule has 3 aromatic carbocycles. The molecule has 0 radical (unpaired) electrons. The van der Waals surface area contributed by atoms with E-state index in [9.17, 15) is 0 Å². The van der Waals surface area contributed by atoms with Gasteiger partial charge in [-0.2, -0.15) is 0 Å². The van der Waals surface area contributed by atoms with Crippen LogP contribution < -0.4 is 4.74 Å². The van der Waals surface area contributed by atoms with Crippen molar-refractivity contribution in [1.82, 2.24) is 4.98 Å². The molecule has 28 heavy (non-hydrogen) atoms. The summed E-state index contributed by atoms with van der Waals surface area (Å²) in [7, 11) is 0. The average Bonchev–Trinajstić information content (AvgIpc) is 2.71. The van der Waals surface area contributed by atoms with Gasteiger partial charge < -0.3 is 4.74 Å². The van der Waals surface area contributed by atoms with E-state index in [4.69, 9.17) is 9.72 Å². The van der Waals surface area contributed by atoms with Crippen LogP contribution >= 0.6 is 0 Å². The summed E-state index contributed by atoms with van der Waals surface area (Å²) in [6.07, 6.45) is 2.92. The highest BCUT2D eigenvalue weighted by molar-refractivity contribution is 6.05. The number of aryl methyl sites for hydroxylation is 3. The molecule has 4 aromatic rings. The Kier molecular flexibility index (Phi) is 3.77. The highest BCUT2D eigenvalue weighted by Gasteiger charge is 2.25. The van der Waals surface area contributed by atoms with Crippen LogP contribution in [0.25, 0.3) is 33.2 Å². The lowest BCUT2D eigenvalue weighted by molar-refractivity contribution is 0.483. The van der Waals surface area contributed by atoms with Crippen LogP contribution in [0.4, 0.5) is 0 Å². The molecule has 1 aromatic heterocycles. The maximum atomic E-state index is 6.57. The highest BCUT2D eigenvalue weighted by Crippen LogP contribution is 2.50. The van der Waals surface area contributed by atoms with Crippen molar-refractivity contribution in [3.05, 3.63) is 77.0 Å². The van der Waals surface area contributed by atoms with Crippen molar-refractivity contribution in [2.75, 3.05) is 0 Å². The van der Waals surface area contributed by atoms with Crippen LogP contribution in [-0.4, -0.2) is 4.98 Å². The molecule has 0 atom stereocenters. The summed E-state index contributed by atoms with van der Waals surface area (Å²) in [5.41, 5.74) is 9.49. The van der Waals surface area contributed by atoms with Gasteiger partial charge in [0.25, 0.3) is 0 Å². The van der Waals surface area contributed by atoms with Gasteiger partial charge in [-0.25, -0.2) is 0 Å². The number of rotatable bonds is 2. The second-order valence-electron chi connectivity index (χ2n) is 7.70. The second kappa shape index (κ2) is 6.20. The molecule has 0 spiro atoms. The van der Waals surface area contributed by atoms with Crippen molar-refractivity contribution in [1.29, 1.82) is 0 Å². The van der Waals surface area contributed by atoms with Crippen LogP contribution in [0.2, 0.25) is 0 Å². The summed E-state index contributed by atoms with van der Waals surface area (Å²) in [6, 6.07) is 17.4. The second-order valence-corrected chi connectivity index (χ2v) is 7.70. The van der Waals surface area contributed by atoms with Gasteiger partial charge in [0.05, 0.1) is 0 Å². The first kappa shape index (κ1) is 17.0. The summed E-state index contributed by atoms with van der Waals surface area (Å²) in [5.74, 6) is 1.82. The maximum absolute atomic E-state index is 6.57. The van der Waals surface area contributed by atoms with Crippen molar-refractivity contribution in [3.63, 3.8) is 0 Å². The molecule has 2 nitrogen and oxygen atoms in total. The number of benzene rings is 3. The Morgan fingerprint density at radius 1 is 0.857 bits per heavy atom. The molecule has 0 aliphatic carbocycles. The van der Waals surface area contributed by atoms with Crippen LogP contribution in [0, 0.1) is 20.8 Å². The SMILES string of the molecule is CCc1cc(C)cc(-c2nccc3c2Oc2c(C)ccc4cccc-3c24)c1C. The zero-order valence-electron chi connectivity index (χ0n) is 16.8. The Balaban J connectivity index is 1.84. The Morgan fingerprint density at radius 2 is 1.71 bits per heavy atom. The van der Waals surface area contributed by atoms with E-state index < -0.39 is 0 Å². The Morgan fingerprint density at radius 3 is 2.54 bits per heavy atom. The molecular formula is C26H23NO. The smallest absolute Gasteiger partial charge is 0.161 e. The molecular weight excluding hydrogens is 342 g/mol. The van der Waals surface area contributed by atoms with E-state index in [0.717, 1.165) is 40.3 Å². The number of nitrogens with zero attached hydrogens (tertiary/aromatic N) is 1. The number of hydrogen-bond acceptors (Lipinski definition) is 2. The third kappa shape index (κ3) is 2.37. The van der Waals surface area contributed by atoms with Gasteiger partial charge in [-0.3, -0.25) is 4.98 Å². The molecule has 1 aliphatic heterocycles. The van der Waals surface area contributed by atoms with Crippen molar-refractivity contribution < 1.29 is 4.74 Å². The summed E-state index contributed by atoms with van der Waals surface area (Å²) >= 11 is 0. The van der Waals surface area contributed by atoms with E-state index in [-0.39, 0.29) is 0 Å². The van der Waals surface area contributed by atoms with E-state index in [1.54, 1.807) is 0 Å². The van der Waals surface area contributed by atoms with Crippen LogP contribution in [0.3, 0.4) is 0 Å². The quantitative estimate of drug-likeness (QED) is 0.331. The van der Waals surface area contributed by atoms with Gasteiger partial charge in [0.1, 0.15) is 11.4 Å². The molecule has 0 unspecified atom stereocenters. The predicted octanol–water partition coefficient (Wildman–Crippen LogP) is 7.16. The minimum absolute atomic E-state index is 0.868. The molecule has 138 valence electrons. The van der Waals surface area contributed by atoms with Gasteiger partial charge in [0, 0.05) is 22.7 Å². The monoisotopic (exact) mass is 365 g/mol. The molecule has 2 heterocycles. The third-order valence-corrected chi connectivity index (χ3v) is 5.89. The number of aromatic nitrogens is 1. The Labute approximate surface area is 165 Å². The van der Waals surface area contributed by atoms with Gasteiger partial charge >= 0.3 is 0 Å². The van der Waals surface area contributed by atoms with E-state index in [1.165, 1.54) is 33.0 Å². The number of hydrogen-bond donors (Lipinski definition) is 0. The molecule has 0 fully saturated rings. The van der Waals surface area contributed by atoms with E-state index >= 15 is 0 Å². The zero-order valence-corrected chi connectivity index (χ0v) is 16.8. The van der Waals surface area contributed by atoms with Gasteiger partial charge in [-0.1, -0.05) is 48.9 Å². The normalized spacial score (nSPS) is 12.0. The van der Waals surface area contributed by atoms with Gasteiger partial charge in [-0.15, -0.1) is 0 Å². The largest absolute Gasteiger partial charge is 0.453 e. The topological polar surface area (TPSA) is 22.1 Å². The Bertz CT molecular complexity index is 1250. The van der Waals surface area contributed by atoms with Crippen LogP contribution in [0.1, 0.15) is 29.2 Å². The third-order valence-electron chi connectivity index (χ3n) is 5.89. The minimum Gasteiger partial charge on any atom is -0.453 e. The van der Waals surface area contributed by atoms with Crippen molar-refractivity contribution in [3.8, 4) is 33.9 Å². The summed E-state index contributed by atoms with van der Waals surface area (Å²) in [5, 5.41) is 2.41. The first-order chi connectivity index (χ1) is 13.6. The van der Waals surface area contributed by atoms with E-state index in [2.05, 4.69) is 76.2 Å². The molecule has 2 heteroatoms. The molecule has 1 aliphatic rings. The van der Waals surface area contributed by atoms with E-state index in [0.29, 0.717) is 0 Å². The summed E-state index contributed by atoms with van der Waals surface area (Å²) < 4.78 is 6.57. The van der Waals surface area contributed by atoms with Crippen LogP contribution in [0.5, 0.6) is 11.5 Å². The zero-order chi connectivity index (χ0) is 19.4. The predicted molar refractivity (Wildman–Crippen MR) is 116 cm³/mol. The fraction of sp³-hybridized carbons (Fsp3) is 0.192. The first-order valence-electron chi connectivity index (χ1n) is 9.88. The number of fused-ring (bicyclic) bond motifs is 2. The highest BCUT2D eigenvalue weighted by atomic mass is 16.5. The van der Waals surface area contributed by atoms with E-state index in [1.807, 2.05) is 6.20 Å². The number of ether oxygens (including phenoxy) is 1. The molecule has 0 saturated carbocycles. The standard InChI is InChI=1S/C26H23NO/c1-5-18-13-15(2)14-22(17(18)4)24-26-21(11-12-27-24)20-8-6-7-19-10-9-16(3)25(28-26)23(19)20/h6-14H,5H2,1-4H3. The lowest BCUT2D eigenvalue weighted by Crippen LogP contribution is -2.03. The first-order valence-corrected chi connectivity index (χ1v) is 9.88. The van der Waals surface area contributed by atoms with Gasteiger partial charge in [-0.05, 0) is 67.0 Å². The molecule has 5 rings (SSSR count). The lowest BCUT2D eigenvalue weighted by Gasteiger charge is -2.25. The van der Waals surface area contributed by atoms with Crippen LogP contribution in [-0.2, 0) is 6.42 Å². The van der Waals surface area contributed by atoms with Gasteiger partial charge in [0.15, 0.2) is 5.75 Å². The fourth-order valence-electron chi connectivity index (χ4n) is 4.41. The van der Waals surface area contributed by atoms with Crippen LogP contribution in [0.15, 0.2) is 54.7 Å². The minimum atomic E-state index is 0.868.